The fraction of sp³-hybridized carbons (Fsp3) is 0.667. The summed E-state index contributed by atoms with van der Waals surface area (Å²) in [6, 6.07) is 0. The average molecular weight is 686 g/mol. The minimum absolute atomic E-state index is 0.0515. The molecule has 248 valence electrons. The van der Waals surface area contributed by atoms with Gasteiger partial charge < -0.3 is 55.8 Å². The Morgan fingerprint density at radius 3 is 2.52 bits per heavy atom. The van der Waals surface area contributed by atoms with Crippen molar-refractivity contribution in [1.29, 1.82) is 0 Å². The third-order valence-corrected chi connectivity index (χ3v) is 8.94. The number of thiol groups is 1. The number of phosphoric ester groups is 2. The van der Waals surface area contributed by atoms with Gasteiger partial charge in [0, 0.05) is 24.3 Å². The Kier molecular flexibility index (Phi) is 12.3. The first-order valence-electron chi connectivity index (χ1n) is 12.8. The van der Waals surface area contributed by atoms with Gasteiger partial charge in [-0.05, 0) is 18.2 Å². The predicted octanol–water partition coefficient (Wildman–Crippen LogP) is -2.50. The van der Waals surface area contributed by atoms with E-state index in [1.165, 1.54) is 24.7 Å². The van der Waals surface area contributed by atoms with Gasteiger partial charge >= 0.3 is 15.6 Å². The van der Waals surface area contributed by atoms with Crippen molar-refractivity contribution in [1.82, 2.24) is 19.5 Å². The number of nitrogens with two attached hydrogens (primary N) is 1. The van der Waals surface area contributed by atoms with Gasteiger partial charge in [0.15, 0.2) is 17.7 Å². The minimum atomic E-state index is -5.36. The van der Waals surface area contributed by atoms with E-state index in [0.29, 0.717) is 5.75 Å². The van der Waals surface area contributed by atoms with Gasteiger partial charge in [0.1, 0.15) is 30.2 Å². The number of aromatic nitrogens is 4. The lowest BCUT2D eigenvalue weighted by Crippen LogP contribution is -2.45. The maximum absolute atomic E-state index is 12.4. The first-order valence-corrected chi connectivity index (χ1v) is 16.4. The number of rotatable bonds is 16. The molecule has 2 aromatic rings. The van der Waals surface area contributed by atoms with Crippen molar-refractivity contribution in [3.8, 4) is 0 Å². The van der Waals surface area contributed by atoms with Gasteiger partial charge in [0.2, 0.25) is 0 Å². The fourth-order valence-corrected chi connectivity index (χ4v) is 6.11. The summed E-state index contributed by atoms with van der Waals surface area (Å²) in [6.07, 6.45) is -5.59. The summed E-state index contributed by atoms with van der Waals surface area (Å²) in [6.45, 7) is 0.776. The number of ether oxygens (including phenoxy) is 1. The van der Waals surface area contributed by atoms with Crippen LogP contribution in [0.25, 0.3) is 11.2 Å². The third kappa shape index (κ3) is 9.38. The quantitative estimate of drug-likeness (QED) is 0.0416. The van der Waals surface area contributed by atoms with E-state index in [4.69, 9.17) is 19.5 Å². The Morgan fingerprint density at radius 1 is 1.16 bits per heavy atom. The lowest BCUT2D eigenvalue weighted by atomic mass is 9.87. The second kappa shape index (κ2) is 14.9. The molecule has 7 N–H and O–H groups in total. The number of hydrogen-bond acceptors (Lipinski definition) is 18. The van der Waals surface area contributed by atoms with Gasteiger partial charge in [-0.3, -0.25) is 13.6 Å². The Bertz CT molecular complexity index is 1440. The van der Waals surface area contributed by atoms with Crippen LogP contribution in [0.5, 0.6) is 0 Å². The molecule has 0 aliphatic carbocycles. The molecule has 0 saturated carbocycles. The standard InChI is InChI=1S/C21H35N7O13P2S/c1-21(2,16(32)19(33)24-4-3-12(29)23-5-6-44)8-39-43(36,37)41-42(34,35)38-7-11-14(30)15(31)20(40-11)28-10-27-13-17(22)25-9-26-18(13)28/h9-11,14-16,20,30-32,44H,3-8H2,1-2H3,(H,23,29)(H,24,33)(H,34,35)(H,36,37)(H2,22,25,26)/p-2/t11-,14-,15-,16+,20-/m1/s1. The maximum atomic E-state index is 12.4. The molecule has 1 aliphatic heterocycles. The zero-order valence-corrected chi connectivity index (χ0v) is 26.1. The Morgan fingerprint density at radius 2 is 1.84 bits per heavy atom. The molecule has 0 bridgehead atoms. The molecule has 1 fully saturated rings. The van der Waals surface area contributed by atoms with Gasteiger partial charge in [-0.25, -0.2) is 24.1 Å². The number of imidazole rings is 1. The summed E-state index contributed by atoms with van der Waals surface area (Å²) in [5, 5.41) is 55.0. The summed E-state index contributed by atoms with van der Waals surface area (Å²) in [7, 11) is -10.7. The lowest BCUT2D eigenvalue weighted by molar-refractivity contribution is -0.234. The topological polar surface area (TPSA) is 313 Å². The van der Waals surface area contributed by atoms with Gasteiger partial charge in [0.05, 0.1) is 25.6 Å². The van der Waals surface area contributed by atoms with E-state index < -0.39 is 76.7 Å². The van der Waals surface area contributed by atoms with E-state index in [0.717, 1.165) is 6.33 Å². The van der Waals surface area contributed by atoms with E-state index in [1.807, 2.05) is 0 Å². The summed E-state index contributed by atoms with van der Waals surface area (Å²) < 4.78 is 45.2. The van der Waals surface area contributed by atoms with Crippen LogP contribution in [0.3, 0.4) is 0 Å². The smallest absolute Gasteiger partial charge is 0.481 e. The molecule has 44 heavy (non-hydrogen) atoms. The molecule has 0 aromatic carbocycles. The molecule has 2 aromatic heterocycles. The zero-order valence-electron chi connectivity index (χ0n) is 23.4. The second-order valence-corrected chi connectivity index (χ2v) is 13.6. The zero-order chi connectivity index (χ0) is 32.9. The summed E-state index contributed by atoms with van der Waals surface area (Å²) in [5.41, 5.74) is 4.55. The van der Waals surface area contributed by atoms with Crippen LogP contribution in [0.15, 0.2) is 22.6 Å². The van der Waals surface area contributed by atoms with Crippen LogP contribution in [-0.4, -0.2) is 113 Å². The van der Waals surface area contributed by atoms with Crippen LogP contribution in [0.1, 0.15) is 26.5 Å². The average Bonchev–Trinajstić information content (AvgIpc) is 3.50. The number of nitrogen functional groups attached to an aromatic ring is 1. The van der Waals surface area contributed by atoms with Crippen LogP contribution < -0.4 is 15.9 Å². The predicted molar refractivity (Wildman–Crippen MR) is 151 cm³/mol. The molecule has 3 heterocycles. The molecule has 1 saturated heterocycles. The highest BCUT2D eigenvalue weighted by Crippen LogP contribution is 2.61. The Hall–Kier alpha value is -2.26. The largest absolute Gasteiger partial charge is 0.862 e. The Balaban J connectivity index is 1.54. The number of anilines is 1. The van der Waals surface area contributed by atoms with Crippen molar-refractivity contribution in [2.24, 2.45) is 15.4 Å². The molecule has 20 nitrogen and oxygen atoms in total. The first kappa shape index (κ1) is 36.2. The molecule has 0 radical (unpaired) electrons. The maximum Gasteiger partial charge on any atom is 0.481 e. The van der Waals surface area contributed by atoms with E-state index >= 15 is 0 Å². The number of phosphoric acid groups is 2. The summed E-state index contributed by atoms with van der Waals surface area (Å²) in [5.74, 6) is -1.12. The van der Waals surface area contributed by atoms with Crippen molar-refractivity contribution < 1.29 is 62.5 Å². The highest BCUT2D eigenvalue weighted by Gasteiger charge is 2.46. The summed E-state index contributed by atoms with van der Waals surface area (Å²) >= 11 is 3.92. The van der Waals surface area contributed by atoms with Crippen molar-refractivity contribution in [3.05, 3.63) is 12.7 Å². The van der Waals surface area contributed by atoms with Crippen molar-refractivity contribution in [2.45, 2.75) is 50.9 Å². The first-order chi connectivity index (χ1) is 20.5. The van der Waals surface area contributed by atoms with Crippen LogP contribution in [0.4, 0.5) is 5.82 Å². The second-order valence-electron chi connectivity index (χ2n) is 10.1. The van der Waals surface area contributed by atoms with E-state index in [2.05, 4.69) is 41.9 Å². The van der Waals surface area contributed by atoms with E-state index in [1.54, 1.807) is 0 Å². The molecule has 2 unspecified atom stereocenters. The summed E-state index contributed by atoms with van der Waals surface area (Å²) in [4.78, 5) is 39.0. The number of aliphatic imine (C=N–C) groups is 2. The number of nitrogens with zero attached hydrogens (tertiary/aromatic N) is 6. The number of aliphatic hydroxyl groups excluding tert-OH is 3. The monoisotopic (exact) mass is 685 g/mol. The molecule has 23 heteroatoms. The normalized spacial score (nSPS) is 25.2. The molecule has 0 amide bonds. The number of fused-ring (bicyclic) bond motifs is 1. The van der Waals surface area contributed by atoms with Crippen LogP contribution >= 0.6 is 28.3 Å². The van der Waals surface area contributed by atoms with Crippen LogP contribution in [0.2, 0.25) is 0 Å². The molecular formula is C21H33N7O13P2S-2. The van der Waals surface area contributed by atoms with Crippen LogP contribution in [0, 0.1) is 5.41 Å². The molecule has 1 aliphatic rings. The van der Waals surface area contributed by atoms with E-state index in [9.17, 15) is 44.4 Å². The molecule has 7 atom stereocenters. The van der Waals surface area contributed by atoms with Gasteiger partial charge in [0.25, 0.3) is 0 Å². The Labute approximate surface area is 255 Å². The van der Waals surface area contributed by atoms with Crippen molar-refractivity contribution in [2.75, 3.05) is 37.8 Å². The van der Waals surface area contributed by atoms with Crippen LogP contribution in [-0.2, 0) is 27.2 Å². The highest BCUT2D eigenvalue weighted by atomic mass is 32.1. The van der Waals surface area contributed by atoms with Gasteiger partial charge in [-0.1, -0.05) is 13.8 Å². The third-order valence-electron chi connectivity index (χ3n) is 6.16. The van der Waals surface area contributed by atoms with Crippen molar-refractivity contribution in [3.63, 3.8) is 0 Å². The molecule has 0 spiro atoms. The van der Waals surface area contributed by atoms with Crippen molar-refractivity contribution >= 4 is 57.1 Å². The minimum Gasteiger partial charge on any atom is -0.862 e. The molecule has 3 rings (SSSR count). The van der Waals surface area contributed by atoms with Gasteiger partial charge in [-0.15, -0.1) is 0 Å². The number of hydrogen-bond donors (Lipinski definition) is 7. The SMILES string of the molecule is CC(C)(COP(=O)(O)OP(=O)(O)OC[C@H]1O[C@@H](n2cnc3c(N)ncnc32)[C@H](O)[C@@H]1O)[C@@H](O)C([O-])=NCCC([O-])=NCCS. The van der Waals surface area contributed by atoms with Gasteiger partial charge in [-0.2, -0.15) is 16.9 Å². The highest BCUT2D eigenvalue weighted by molar-refractivity contribution is 7.80. The fourth-order valence-electron chi connectivity index (χ4n) is 3.76. The number of aliphatic hydroxyl groups is 3. The molecular weight excluding hydrogens is 652 g/mol. The lowest BCUT2D eigenvalue weighted by Gasteiger charge is -2.34. The van der Waals surface area contributed by atoms with E-state index in [-0.39, 0.29) is 36.5 Å².